The number of aromatic nitrogens is 1. The molecule has 1 fully saturated rings. The van der Waals surface area contributed by atoms with Crippen molar-refractivity contribution in [2.75, 3.05) is 0 Å². The van der Waals surface area contributed by atoms with Gasteiger partial charge in [0, 0.05) is 5.39 Å². The molecular formula is C39H67NO4Si3. The quantitative estimate of drug-likeness (QED) is 0.244. The number of benzene rings is 1. The van der Waals surface area contributed by atoms with Crippen molar-refractivity contribution >= 4 is 47.9 Å². The summed E-state index contributed by atoms with van der Waals surface area (Å²) in [5.74, 6) is -0.0764. The minimum atomic E-state index is -2.32. The SMILES string of the molecule is C[C@@H](O[Si](C)(C)C(C)(C)C)c1ccc2ccc(/C=C/[C@]3(C(=O)O[Si](C)(C)C(C)(C)C)CC[C@@](C)(O[Si](C)(C)C(C)(C)C)CC3)cc2n1. The monoisotopic (exact) mass is 697 g/mol. The zero-order chi connectivity index (χ0) is 36.1. The standard InChI is InChI=1S/C39H67NO4Si3/c1-29(42-45(12,13)35(2,3)4)32-21-20-31-19-18-30(28-33(31)40-32)22-23-39(34(41)43-46(14,15)36(5,6)7)26-24-38(11,25-27-39)44-47(16,17)37(8,9)10/h18-23,28-29H,24-27H2,1-17H3/b23-22+/t29-,38-,39+/m1/s1. The number of carbonyl (C=O) groups is 1. The highest BCUT2D eigenvalue weighted by Gasteiger charge is 2.51. The van der Waals surface area contributed by atoms with Crippen molar-refractivity contribution in [1.82, 2.24) is 4.98 Å². The molecule has 1 aromatic carbocycles. The molecule has 1 heterocycles. The van der Waals surface area contributed by atoms with E-state index in [4.69, 9.17) is 18.3 Å². The van der Waals surface area contributed by atoms with Crippen molar-refractivity contribution in [3.63, 3.8) is 0 Å². The first-order chi connectivity index (χ1) is 21.0. The maximum atomic E-state index is 14.3. The summed E-state index contributed by atoms with van der Waals surface area (Å²) in [5, 5.41) is 1.29. The molecule has 264 valence electrons. The van der Waals surface area contributed by atoms with Crippen LogP contribution in [-0.4, -0.2) is 41.5 Å². The van der Waals surface area contributed by atoms with E-state index in [1.54, 1.807) is 0 Å². The lowest BCUT2D eigenvalue weighted by Crippen LogP contribution is -2.53. The Kier molecular flexibility index (Phi) is 11.3. The van der Waals surface area contributed by atoms with Crippen LogP contribution in [0.15, 0.2) is 36.4 Å². The van der Waals surface area contributed by atoms with Gasteiger partial charge < -0.3 is 13.3 Å². The zero-order valence-electron chi connectivity index (χ0n) is 33.0. The third-order valence-corrected chi connectivity index (χ3v) is 25.6. The van der Waals surface area contributed by atoms with E-state index in [-0.39, 0.29) is 32.8 Å². The summed E-state index contributed by atoms with van der Waals surface area (Å²) in [7, 11) is -6.23. The van der Waals surface area contributed by atoms with Crippen molar-refractivity contribution in [3.05, 3.63) is 47.7 Å². The Hall–Kier alpha value is -1.59. The van der Waals surface area contributed by atoms with Gasteiger partial charge in [-0.3, -0.25) is 9.78 Å². The van der Waals surface area contributed by atoms with Crippen molar-refractivity contribution in [1.29, 1.82) is 0 Å². The van der Waals surface area contributed by atoms with Crippen molar-refractivity contribution < 1.29 is 18.1 Å². The fourth-order valence-electron chi connectivity index (χ4n) is 5.44. The molecule has 0 saturated heterocycles. The summed E-state index contributed by atoms with van der Waals surface area (Å²) in [6.45, 7) is 38.1. The van der Waals surface area contributed by atoms with E-state index in [9.17, 15) is 4.79 Å². The van der Waals surface area contributed by atoms with E-state index in [0.29, 0.717) is 12.8 Å². The predicted octanol–water partition coefficient (Wildman–Crippen LogP) is 12.2. The van der Waals surface area contributed by atoms with Crippen LogP contribution in [0.4, 0.5) is 0 Å². The van der Waals surface area contributed by atoms with Gasteiger partial charge in [0.25, 0.3) is 8.32 Å². The van der Waals surface area contributed by atoms with E-state index in [2.05, 4.69) is 158 Å². The minimum Gasteiger partial charge on any atom is -0.518 e. The van der Waals surface area contributed by atoms with Gasteiger partial charge in [0.2, 0.25) is 0 Å². The molecule has 3 rings (SSSR count). The molecule has 47 heavy (non-hydrogen) atoms. The van der Waals surface area contributed by atoms with Crippen LogP contribution in [0.5, 0.6) is 0 Å². The van der Waals surface area contributed by atoms with Gasteiger partial charge in [-0.2, -0.15) is 0 Å². The van der Waals surface area contributed by atoms with Crippen molar-refractivity contribution in [2.24, 2.45) is 5.41 Å². The molecule has 1 aromatic heterocycles. The van der Waals surface area contributed by atoms with E-state index >= 15 is 0 Å². The first-order valence-electron chi connectivity index (χ1n) is 17.7. The van der Waals surface area contributed by atoms with Crippen LogP contribution in [0.1, 0.15) is 119 Å². The Morgan fingerprint density at radius 1 is 0.787 bits per heavy atom. The molecule has 0 bridgehead atoms. The van der Waals surface area contributed by atoms with Gasteiger partial charge in [0.1, 0.15) is 0 Å². The lowest BCUT2D eigenvalue weighted by molar-refractivity contribution is -0.148. The lowest BCUT2D eigenvalue weighted by atomic mass is 9.69. The molecule has 0 radical (unpaired) electrons. The molecule has 5 nitrogen and oxygen atoms in total. The largest absolute Gasteiger partial charge is 0.518 e. The van der Waals surface area contributed by atoms with Crippen LogP contribution in [0.3, 0.4) is 0 Å². The topological polar surface area (TPSA) is 57.7 Å². The minimum absolute atomic E-state index is 0.0602. The summed E-state index contributed by atoms with van der Waals surface area (Å²) in [5.41, 5.74) is 1.98. The molecule has 1 aliphatic carbocycles. The number of fused-ring (bicyclic) bond motifs is 1. The first-order valence-corrected chi connectivity index (χ1v) is 26.5. The smallest absolute Gasteiger partial charge is 0.302 e. The molecule has 0 N–H and O–H groups in total. The summed E-state index contributed by atoms with van der Waals surface area (Å²) in [6.07, 6.45) is 7.24. The van der Waals surface area contributed by atoms with Gasteiger partial charge in [0.05, 0.1) is 28.3 Å². The fourth-order valence-corrected chi connectivity index (χ4v) is 9.51. The molecule has 1 aliphatic rings. The Bertz CT molecular complexity index is 1450. The third-order valence-electron chi connectivity index (χ3n) is 12.1. The molecule has 2 aromatic rings. The molecule has 1 atom stereocenters. The van der Waals surface area contributed by atoms with E-state index in [0.717, 1.165) is 35.0 Å². The van der Waals surface area contributed by atoms with E-state index < -0.39 is 30.4 Å². The highest BCUT2D eigenvalue weighted by Crippen LogP contribution is 2.50. The molecule has 0 unspecified atom stereocenters. The maximum Gasteiger partial charge on any atom is 0.302 e. The second-order valence-corrected chi connectivity index (χ2v) is 33.4. The van der Waals surface area contributed by atoms with E-state index in [1.165, 1.54) is 0 Å². The molecule has 1 saturated carbocycles. The van der Waals surface area contributed by atoms with Crippen LogP contribution in [-0.2, 0) is 18.1 Å². The normalized spacial score (nSPS) is 22.9. The predicted molar refractivity (Wildman–Crippen MR) is 208 cm³/mol. The van der Waals surface area contributed by atoms with Gasteiger partial charge in [-0.25, -0.2) is 0 Å². The Morgan fingerprint density at radius 3 is 1.81 bits per heavy atom. The Morgan fingerprint density at radius 2 is 1.30 bits per heavy atom. The molecule has 0 spiro atoms. The summed E-state index contributed by atoms with van der Waals surface area (Å²) in [4.78, 5) is 19.3. The van der Waals surface area contributed by atoms with Crippen LogP contribution >= 0.6 is 0 Å². The Labute approximate surface area is 291 Å². The number of rotatable bonds is 9. The second-order valence-electron chi connectivity index (χ2n) is 19.2. The number of carbonyl (C=O) groups excluding carboxylic acids is 1. The van der Waals surface area contributed by atoms with Crippen LogP contribution in [0.2, 0.25) is 54.4 Å². The average molecular weight is 698 g/mol. The number of nitrogens with zero attached hydrogens (tertiary/aromatic N) is 1. The molecule has 0 amide bonds. The average Bonchev–Trinajstić information content (AvgIpc) is 2.89. The second kappa shape index (κ2) is 13.3. The molecule has 0 aliphatic heterocycles. The number of hydrogen-bond acceptors (Lipinski definition) is 5. The molecular weight excluding hydrogens is 631 g/mol. The highest BCUT2D eigenvalue weighted by atomic mass is 28.4. The Balaban J connectivity index is 1.96. The van der Waals surface area contributed by atoms with Gasteiger partial charge in [-0.1, -0.05) is 92.7 Å². The fraction of sp³-hybridized carbons (Fsp3) is 0.692. The van der Waals surface area contributed by atoms with Gasteiger partial charge >= 0.3 is 5.97 Å². The van der Waals surface area contributed by atoms with E-state index in [1.807, 2.05) is 0 Å². The highest BCUT2D eigenvalue weighted by molar-refractivity contribution is 6.75. The van der Waals surface area contributed by atoms with Crippen LogP contribution < -0.4 is 0 Å². The van der Waals surface area contributed by atoms with Crippen molar-refractivity contribution in [2.45, 2.75) is 168 Å². The zero-order valence-corrected chi connectivity index (χ0v) is 36.0. The van der Waals surface area contributed by atoms with Gasteiger partial charge in [-0.15, -0.1) is 0 Å². The van der Waals surface area contributed by atoms with Crippen LogP contribution in [0, 0.1) is 5.41 Å². The summed E-state index contributed by atoms with van der Waals surface area (Å²) >= 11 is 0. The maximum absolute atomic E-state index is 14.3. The lowest BCUT2D eigenvalue weighted by Gasteiger charge is -2.49. The number of hydrogen-bond donors (Lipinski definition) is 0. The van der Waals surface area contributed by atoms with Crippen LogP contribution in [0.25, 0.3) is 17.0 Å². The van der Waals surface area contributed by atoms with Crippen molar-refractivity contribution in [3.8, 4) is 0 Å². The number of pyridine rings is 1. The van der Waals surface area contributed by atoms with Gasteiger partial charge in [0.15, 0.2) is 16.6 Å². The third kappa shape index (κ3) is 9.15. The first kappa shape index (κ1) is 39.8. The van der Waals surface area contributed by atoms with Gasteiger partial charge in [-0.05, 0) is 112 Å². The molecule has 8 heteroatoms. The summed E-state index contributed by atoms with van der Waals surface area (Å²) < 4.78 is 20.2. The summed E-state index contributed by atoms with van der Waals surface area (Å²) in [6, 6.07) is 10.6.